The monoisotopic (exact) mass is 988 g/mol. The molecule has 0 bridgehead atoms. The Labute approximate surface area is 438 Å². The Morgan fingerprint density at radius 3 is 0.809 bits per heavy atom. The van der Waals surface area contributed by atoms with Gasteiger partial charge in [-0.05, 0) is 82.3 Å². The largest absolute Gasteiger partial charge is 4.00 e. The van der Waals surface area contributed by atoms with E-state index in [0.717, 1.165) is 0 Å². The van der Waals surface area contributed by atoms with Crippen LogP contribution in [-0.4, -0.2) is 8.07 Å². The third-order valence-corrected chi connectivity index (χ3v) is 19.6. The van der Waals surface area contributed by atoms with E-state index in [9.17, 15) is 0 Å². The maximum absolute atomic E-state index is 4.38. The van der Waals surface area contributed by atoms with Crippen molar-refractivity contribution in [2.75, 3.05) is 0 Å². The molecule has 1 aliphatic rings. The van der Waals surface area contributed by atoms with Crippen LogP contribution in [-0.2, 0) is 21.7 Å². The summed E-state index contributed by atoms with van der Waals surface area (Å²) in [5, 5.41) is 3.52. The van der Waals surface area contributed by atoms with E-state index in [0.29, 0.717) is 0 Å². The molecule has 1 unspecified atom stereocenters. The molecule has 0 N–H and O–H groups in total. The van der Waals surface area contributed by atoms with Crippen LogP contribution >= 0.6 is 0 Å². The van der Waals surface area contributed by atoms with Crippen LogP contribution < -0.4 is 52.8 Å². The predicted molar refractivity (Wildman–Crippen MR) is 276 cm³/mol. The Balaban J connectivity index is 0.00000190. The van der Waals surface area contributed by atoms with E-state index >= 15 is 0 Å². The smallest absolute Gasteiger partial charge is 1.00 e. The third kappa shape index (κ3) is 8.89. The first-order valence-corrected chi connectivity index (χ1v) is 24.4. The SMILES string of the molecule is CC1=[C-]C(C)([Si](c2cccc(-c3ccccc3)c2-c2ccccc2)(c2cccc(-c3ccccc3)c2-c2ccccc2)c2cccc(-c3ccccc3)c2-c2ccccc2)C(C)=C1C.[Cl-].[Cl-].[Cl-].[Ti+4]. The minimum atomic E-state index is -3.63. The minimum absolute atomic E-state index is 0. The van der Waals surface area contributed by atoms with Gasteiger partial charge in [-0.15, -0.1) is 6.92 Å². The Morgan fingerprint density at radius 2 is 0.574 bits per heavy atom. The van der Waals surface area contributed by atoms with Gasteiger partial charge < -0.3 is 37.2 Å². The fraction of sp³-hybridized carbons (Fsp3) is 0.0794. The number of rotatable bonds is 10. The van der Waals surface area contributed by atoms with Crippen molar-refractivity contribution in [3.8, 4) is 66.8 Å². The molecule has 0 fully saturated rings. The Bertz CT molecular complexity index is 2870. The van der Waals surface area contributed by atoms with Crippen LogP contribution in [0.1, 0.15) is 27.7 Å². The first-order chi connectivity index (χ1) is 31.4. The van der Waals surface area contributed by atoms with Crippen LogP contribution in [0, 0.1) is 6.08 Å². The number of halogens is 3. The molecule has 10 rings (SSSR count). The molecule has 9 aromatic carbocycles. The minimum Gasteiger partial charge on any atom is -1.00 e. The van der Waals surface area contributed by atoms with Gasteiger partial charge in [0.1, 0.15) is 8.07 Å². The summed E-state index contributed by atoms with van der Waals surface area (Å²) in [6.45, 7) is 9.53. The topological polar surface area (TPSA) is 0 Å². The number of allylic oxidation sites excluding steroid dienone is 4. The molecule has 1 aliphatic carbocycles. The molecule has 0 saturated heterocycles. The van der Waals surface area contributed by atoms with Gasteiger partial charge in [0, 0.05) is 0 Å². The Morgan fingerprint density at radius 1 is 0.324 bits per heavy atom. The van der Waals surface area contributed by atoms with Crippen molar-refractivity contribution in [3.05, 3.63) is 259 Å². The van der Waals surface area contributed by atoms with Gasteiger partial charge in [-0.2, -0.15) is 11.1 Å². The maximum atomic E-state index is 4.38. The number of hydrogen-bond acceptors (Lipinski definition) is 0. The molecule has 1 atom stereocenters. The van der Waals surface area contributed by atoms with Gasteiger partial charge >= 0.3 is 21.7 Å². The first kappa shape index (κ1) is 51.6. The molecule has 0 aromatic heterocycles. The molecule has 68 heavy (non-hydrogen) atoms. The Kier molecular flexibility index (Phi) is 16.8. The second-order valence-corrected chi connectivity index (χ2v) is 21.4. The number of hydrogen-bond donors (Lipinski definition) is 0. The standard InChI is InChI=1S/C63H51Si.3ClH.Ti/c1-45-44-63(4,47(3)46(45)2)64(57-41-23-38-54(48-26-11-5-12-27-48)60(57)51-32-17-8-18-33-51,58-42-24-39-55(49-28-13-6-14-29-49)61(58)52-34-19-9-20-35-52)59-43-25-40-56(50-30-15-7-16-31-50)62(59)53-36-21-10-22-37-53;;;;/h5-43H,1-4H3;3*1H;/q-1;;;;+4/p-3. The van der Waals surface area contributed by atoms with Crippen molar-refractivity contribution in [1.82, 2.24) is 0 Å². The molecular formula is C63H51Cl3SiTi. The summed E-state index contributed by atoms with van der Waals surface area (Å²) in [5.41, 5.74) is 18.6. The normalized spacial score (nSPS) is 14.1. The van der Waals surface area contributed by atoms with Crippen LogP contribution in [0.3, 0.4) is 0 Å². The summed E-state index contributed by atoms with van der Waals surface area (Å²) in [6, 6.07) is 88.0. The van der Waals surface area contributed by atoms with Crippen LogP contribution in [0.25, 0.3) is 66.8 Å². The fourth-order valence-electron chi connectivity index (χ4n) is 10.8. The van der Waals surface area contributed by atoms with E-state index in [1.165, 1.54) is 99.0 Å². The third-order valence-electron chi connectivity index (χ3n) is 13.9. The van der Waals surface area contributed by atoms with Crippen molar-refractivity contribution in [2.24, 2.45) is 0 Å². The van der Waals surface area contributed by atoms with Crippen LogP contribution in [0.2, 0.25) is 5.04 Å². The molecule has 0 heterocycles. The number of benzene rings is 9. The van der Waals surface area contributed by atoms with Crippen molar-refractivity contribution >= 4 is 23.6 Å². The van der Waals surface area contributed by atoms with E-state index < -0.39 is 13.1 Å². The zero-order chi connectivity index (χ0) is 43.7. The molecule has 0 amide bonds. The predicted octanol–water partition coefficient (Wildman–Crippen LogP) is 6.03. The maximum Gasteiger partial charge on any atom is 4.00 e. The van der Waals surface area contributed by atoms with E-state index in [-0.39, 0.29) is 58.9 Å². The molecule has 5 heteroatoms. The van der Waals surface area contributed by atoms with Crippen LogP contribution in [0.15, 0.2) is 253 Å². The van der Waals surface area contributed by atoms with Crippen molar-refractivity contribution < 1.29 is 58.9 Å². The van der Waals surface area contributed by atoms with Crippen LogP contribution in [0.4, 0.5) is 0 Å². The van der Waals surface area contributed by atoms with Crippen molar-refractivity contribution in [3.63, 3.8) is 0 Å². The molecule has 0 nitrogen and oxygen atoms in total. The van der Waals surface area contributed by atoms with E-state index in [4.69, 9.17) is 0 Å². The molecule has 9 aromatic rings. The summed E-state index contributed by atoms with van der Waals surface area (Å²) >= 11 is 0. The zero-order valence-electron chi connectivity index (χ0n) is 38.7. The van der Waals surface area contributed by atoms with Gasteiger partial charge in [-0.3, -0.25) is 6.08 Å². The fourth-order valence-corrected chi connectivity index (χ4v) is 17.4. The van der Waals surface area contributed by atoms with E-state index in [2.05, 4.69) is 270 Å². The quantitative estimate of drug-likeness (QED) is 0.0894. The van der Waals surface area contributed by atoms with E-state index in [1.807, 2.05) is 0 Å². The summed E-state index contributed by atoms with van der Waals surface area (Å²) in [7, 11) is -3.63. The summed E-state index contributed by atoms with van der Waals surface area (Å²) in [6.07, 6.45) is 4.38. The summed E-state index contributed by atoms with van der Waals surface area (Å²) < 4.78 is 0. The summed E-state index contributed by atoms with van der Waals surface area (Å²) in [5.74, 6) is 0. The molecule has 0 saturated carbocycles. The van der Waals surface area contributed by atoms with Gasteiger partial charge in [0.25, 0.3) is 0 Å². The van der Waals surface area contributed by atoms with Gasteiger partial charge in [0.05, 0.1) is 0 Å². The zero-order valence-corrected chi connectivity index (χ0v) is 43.5. The van der Waals surface area contributed by atoms with Crippen LogP contribution in [0.5, 0.6) is 0 Å². The molecule has 0 radical (unpaired) electrons. The molecular weight excluding hydrogens is 939 g/mol. The van der Waals surface area contributed by atoms with Crippen molar-refractivity contribution in [2.45, 2.75) is 32.7 Å². The second-order valence-electron chi connectivity index (χ2n) is 17.3. The average Bonchev–Trinajstić information content (AvgIpc) is 3.57. The van der Waals surface area contributed by atoms with Gasteiger partial charge in [0.2, 0.25) is 0 Å². The van der Waals surface area contributed by atoms with Gasteiger partial charge in [-0.1, -0.05) is 262 Å². The van der Waals surface area contributed by atoms with Gasteiger partial charge in [-0.25, -0.2) is 5.57 Å². The molecule has 332 valence electrons. The first-order valence-electron chi connectivity index (χ1n) is 22.4. The Hall–Kier alpha value is -5.74. The molecule has 0 spiro atoms. The molecule has 0 aliphatic heterocycles. The van der Waals surface area contributed by atoms with Crippen molar-refractivity contribution in [1.29, 1.82) is 0 Å². The van der Waals surface area contributed by atoms with E-state index in [1.54, 1.807) is 0 Å². The van der Waals surface area contributed by atoms with Gasteiger partial charge in [0.15, 0.2) is 0 Å². The summed E-state index contributed by atoms with van der Waals surface area (Å²) in [4.78, 5) is 0. The average molecular weight is 990 g/mol. The second kappa shape index (κ2) is 22.1.